The number of esters is 1. The normalized spacial score (nSPS) is 9.82. The molecule has 4 nitrogen and oxygen atoms in total. The number of hydrogen-bond acceptors (Lipinski definition) is 5. The molecule has 0 aliphatic heterocycles. The molecular weight excluding hydrogens is 264 g/mol. The van der Waals surface area contributed by atoms with Gasteiger partial charge in [-0.1, -0.05) is 11.6 Å². The van der Waals surface area contributed by atoms with Gasteiger partial charge in [-0.05, 0) is 36.9 Å². The molecule has 1 aromatic carbocycles. The van der Waals surface area contributed by atoms with Crippen LogP contribution in [0.15, 0.2) is 23.1 Å². The molecule has 0 heterocycles. The van der Waals surface area contributed by atoms with Crippen LogP contribution in [0.4, 0.5) is 0 Å². The smallest absolute Gasteiger partial charge is 0.386 e. The van der Waals surface area contributed by atoms with Crippen LogP contribution in [0.25, 0.3) is 0 Å². The maximum absolute atomic E-state index is 11.5. The quantitative estimate of drug-likeness (QED) is 0.482. The Morgan fingerprint density at radius 1 is 1.41 bits per heavy atom. The van der Waals surface area contributed by atoms with Gasteiger partial charge in [0.2, 0.25) is 0 Å². The third-order valence-electron chi connectivity index (χ3n) is 1.77. The Morgan fingerprint density at radius 3 is 2.71 bits per heavy atom. The van der Waals surface area contributed by atoms with Crippen LogP contribution in [0.1, 0.15) is 6.92 Å². The van der Waals surface area contributed by atoms with Crippen molar-refractivity contribution in [3.05, 3.63) is 23.2 Å². The van der Waals surface area contributed by atoms with E-state index in [0.29, 0.717) is 15.7 Å². The Bertz CT molecular complexity index is 433. The lowest BCUT2D eigenvalue weighted by Gasteiger charge is -2.07. The lowest BCUT2D eigenvalue weighted by Crippen LogP contribution is -2.13. The van der Waals surface area contributed by atoms with Crippen LogP contribution in [0.2, 0.25) is 5.02 Å². The molecule has 0 unspecified atom stereocenters. The van der Waals surface area contributed by atoms with Crippen LogP contribution in [-0.2, 0) is 14.3 Å². The van der Waals surface area contributed by atoms with Crippen LogP contribution in [0.5, 0.6) is 5.75 Å². The number of halogens is 1. The average Bonchev–Trinajstić information content (AvgIpc) is 2.29. The first kappa shape index (κ1) is 13.9. The van der Waals surface area contributed by atoms with E-state index in [2.05, 4.69) is 4.74 Å². The van der Waals surface area contributed by atoms with Crippen LogP contribution >= 0.6 is 23.4 Å². The SMILES string of the molecule is CCOC(=O)C(=O)Sc1cc(Cl)ccc1OC. The van der Waals surface area contributed by atoms with E-state index >= 15 is 0 Å². The molecule has 0 N–H and O–H groups in total. The minimum absolute atomic E-state index is 0.164. The van der Waals surface area contributed by atoms with Gasteiger partial charge in [-0.25, -0.2) is 4.79 Å². The molecule has 6 heteroatoms. The van der Waals surface area contributed by atoms with Crippen molar-refractivity contribution in [3.8, 4) is 5.75 Å². The fourth-order valence-corrected chi connectivity index (χ4v) is 2.08. The number of rotatable bonds is 3. The van der Waals surface area contributed by atoms with Crippen molar-refractivity contribution in [1.29, 1.82) is 0 Å². The van der Waals surface area contributed by atoms with Gasteiger partial charge in [0, 0.05) is 5.02 Å². The van der Waals surface area contributed by atoms with Gasteiger partial charge >= 0.3 is 11.1 Å². The molecule has 0 saturated heterocycles. The number of methoxy groups -OCH3 is 1. The monoisotopic (exact) mass is 274 g/mol. The summed E-state index contributed by atoms with van der Waals surface area (Å²) in [4.78, 5) is 23.1. The van der Waals surface area contributed by atoms with Gasteiger partial charge in [0.15, 0.2) is 0 Å². The maximum Gasteiger partial charge on any atom is 0.386 e. The van der Waals surface area contributed by atoms with E-state index in [0.717, 1.165) is 11.8 Å². The summed E-state index contributed by atoms with van der Waals surface area (Å²) in [6, 6.07) is 4.82. The molecule has 0 aliphatic carbocycles. The zero-order valence-electron chi connectivity index (χ0n) is 9.36. The second-order valence-corrected chi connectivity index (χ2v) is 4.36. The minimum atomic E-state index is -0.875. The van der Waals surface area contributed by atoms with E-state index in [1.165, 1.54) is 7.11 Å². The molecule has 92 valence electrons. The molecule has 0 aliphatic rings. The number of carbonyl (C=O) groups is 2. The molecule has 0 fully saturated rings. The topological polar surface area (TPSA) is 52.6 Å². The summed E-state index contributed by atoms with van der Waals surface area (Å²) in [5.74, 6) is -0.392. The highest BCUT2D eigenvalue weighted by Gasteiger charge is 2.18. The van der Waals surface area contributed by atoms with Crippen molar-refractivity contribution in [2.45, 2.75) is 11.8 Å². The molecule has 0 radical (unpaired) electrons. The molecule has 0 amide bonds. The average molecular weight is 275 g/mol. The van der Waals surface area contributed by atoms with Gasteiger partial charge in [0.25, 0.3) is 0 Å². The first-order chi connectivity index (χ1) is 8.08. The van der Waals surface area contributed by atoms with Crippen LogP contribution in [0, 0.1) is 0 Å². The zero-order chi connectivity index (χ0) is 12.8. The highest BCUT2D eigenvalue weighted by Crippen LogP contribution is 2.32. The van der Waals surface area contributed by atoms with Gasteiger partial charge in [-0.2, -0.15) is 0 Å². The fraction of sp³-hybridized carbons (Fsp3) is 0.273. The van der Waals surface area contributed by atoms with E-state index in [9.17, 15) is 9.59 Å². The largest absolute Gasteiger partial charge is 0.496 e. The summed E-state index contributed by atoms with van der Waals surface area (Å²) in [7, 11) is 1.47. The highest BCUT2D eigenvalue weighted by atomic mass is 35.5. The van der Waals surface area contributed by atoms with E-state index in [-0.39, 0.29) is 6.61 Å². The van der Waals surface area contributed by atoms with Gasteiger partial charge in [-0.3, -0.25) is 4.79 Å². The number of benzene rings is 1. The molecule has 1 aromatic rings. The summed E-state index contributed by atoms with van der Waals surface area (Å²) in [5.41, 5.74) is 0. The number of ether oxygens (including phenoxy) is 2. The summed E-state index contributed by atoms with van der Waals surface area (Å²) < 4.78 is 9.65. The molecule has 0 saturated carbocycles. The fourth-order valence-electron chi connectivity index (χ4n) is 1.06. The Balaban J connectivity index is 2.83. The predicted molar refractivity (Wildman–Crippen MR) is 65.5 cm³/mol. The van der Waals surface area contributed by atoms with E-state index in [1.807, 2.05) is 0 Å². The summed E-state index contributed by atoms with van der Waals surface area (Å²) in [5, 5.41) is -0.239. The van der Waals surface area contributed by atoms with E-state index in [4.69, 9.17) is 16.3 Å². The van der Waals surface area contributed by atoms with Crippen LogP contribution < -0.4 is 4.74 Å². The van der Waals surface area contributed by atoms with Crippen molar-refractivity contribution in [2.75, 3.05) is 13.7 Å². The zero-order valence-corrected chi connectivity index (χ0v) is 10.9. The predicted octanol–water partition coefficient (Wildman–Crippen LogP) is 2.53. The lowest BCUT2D eigenvalue weighted by molar-refractivity contribution is -0.149. The maximum atomic E-state index is 11.5. The first-order valence-corrected chi connectivity index (χ1v) is 6.00. The van der Waals surface area contributed by atoms with Gasteiger partial charge < -0.3 is 9.47 Å². The lowest BCUT2D eigenvalue weighted by atomic mass is 10.3. The molecule has 0 spiro atoms. The number of thioether (sulfide) groups is 1. The van der Waals surface area contributed by atoms with Crippen molar-refractivity contribution in [1.82, 2.24) is 0 Å². The summed E-state index contributed by atoms with van der Waals surface area (Å²) in [6.45, 7) is 1.80. The molecule has 17 heavy (non-hydrogen) atoms. The van der Waals surface area contributed by atoms with Crippen molar-refractivity contribution in [2.24, 2.45) is 0 Å². The van der Waals surface area contributed by atoms with Gasteiger partial charge in [-0.15, -0.1) is 0 Å². The number of hydrogen-bond donors (Lipinski definition) is 0. The minimum Gasteiger partial charge on any atom is -0.496 e. The molecule has 0 bridgehead atoms. The summed E-state index contributed by atoms with van der Waals surface area (Å²) >= 11 is 6.54. The Labute approximate surface area is 108 Å². The Kier molecular flexibility index (Phi) is 5.31. The van der Waals surface area contributed by atoms with Gasteiger partial charge in [0.1, 0.15) is 5.75 Å². The third-order valence-corrected chi connectivity index (χ3v) is 2.90. The van der Waals surface area contributed by atoms with E-state index < -0.39 is 11.1 Å². The second-order valence-electron chi connectivity index (χ2n) is 2.91. The standard InChI is InChI=1S/C11H11ClO4S/c1-3-16-10(13)11(14)17-9-6-7(12)4-5-8(9)15-2/h4-6H,3H2,1-2H3. The Hall–Kier alpha value is -1.20. The Morgan fingerprint density at radius 2 is 2.12 bits per heavy atom. The van der Waals surface area contributed by atoms with Crippen molar-refractivity contribution >= 4 is 34.4 Å². The summed E-state index contributed by atoms with van der Waals surface area (Å²) in [6.07, 6.45) is 0. The first-order valence-electron chi connectivity index (χ1n) is 4.81. The van der Waals surface area contributed by atoms with Crippen LogP contribution in [-0.4, -0.2) is 24.8 Å². The number of carbonyl (C=O) groups excluding carboxylic acids is 2. The van der Waals surface area contributed by atoms with Gasteiger partial charge in [0.05, 0.1) is 18.6 Å². The third kappa shape index (κ3) is 3.94. The highest BCUT2D eigenvalue weighted by molar-refractivity contribution is 8.15. The second kappa shape index (κ2) is 6.51. The molecular formula is C11H11ClO4S. The van der Waals surface area contributed by atoms with Crippen molar-refractivity contribution < 1.29 is 19.1 Å². The van der Waals surface area contributed by atoms with Crippen LogP contribution in [0.3, 0.4) is 0 Å². The molecule has 1 rings (SSSR count). The van der Waals surface area contributed by atoms with Crippen molar-refractivity contribution in [3.63, 3.8) is 0 Å². The molecule has 0 aromatic heterocycles. The molecule has 0 atom stereocenters. The van der Waals surface area contributed by atoms with E-state index in [1.54, 1.807) is 25.1 Å².